The van der Waals surface area contributed by atoms with E-state index in [9.17, 15) is 9.59 Å². The molecule has 104 valence electrons. The number of carbonyl (C=O) groups is 1. The molecule has 0 amide bonds. The average molecular weight is 273 g/mol. The number of aromatic carboxylic acids is 1. The molecule has 0 saturated carbocycles. The van der Waals surface area contributed by atoms with Crippen LogP contribution in [-0.2, 0) is 0 Å². The van der Waals surface area contributed by atoms with Gasteiger partial charge < -0.3 is 9.84 Å². The maximum atomic E-state index is 12.4. The van der Waals surface area contributed by atoms with Gasteiger partial charge in [-0.05, 0) is 49.7 Å². The van der Waals surface area contributed by atoms with Crippen LogP contribution in [0, 0.1) is 13.8 Å². The second kappa shape index (κ2) is 5.21. The Labute approximate surface area is 116 Å². The molecule has 20 heavy (non-hydrogen) atoms. The van der Waals surface area contributed by atoms with Crippen LogP contribution in [0.2, 0.25) is 0 Å². The lowest BCUT2D eigenvalue weighted by atomic mass is 10.1. The van der Waals surface area contributed by atoms with Gasteiger partial charge in [0.25, 0.3) is 5.56 Å². The molecule has 0 fully saturated rings. The van der Waals surface area contributed by atoms with E-state index in [1.165, 1.54) is 4.57 Å². The monoisotopic (exact) mass is 273 g/mol. The van der Waals surface area contributed by atoms with Crippen LogP contribution in [0.4, 0.5) is 0 Å². The van der Waals surface area contributed by atoms with Crippen molar-refractivity contribution < 1.29 is 14.6 Å². The van der Waals surface area contributed by atoms with Gasteiger partial charge in [0.15, 0.2) is 0 Å². The minimum absolute atomic E-state index is 0.202. The molecule has 2 aromatic rings. The predicted octanol–water partition coefficient (Wildman–Crippen LogP) is 2.16. The Kier molecular flexibility index (Phi) is 3.61. The molecule has 5 nitrogen and oxygen atoms in total. The van der Waals surface area contributed by atoms with E-state index in [0.717, 1.165) is 0 Å². The maximum Gasteiger partial charge on any atom is 0.341 e. The lowest BCUT2D eigenvalue weighted by molar-refractivity contribution is 0.0693. The number of rotatable bonds is 3. The van der Waals surface area contributed by atoms with Crippen molar-refractivity contribution in [1.82, 2.24) is 4.57 Å². The highest BCUT2D eigenvalue weighted by Gasteiger charge is 2.17. The minimum atomic E-state index is -1.21. The third kappa shape index (κ3) is 2.30. The summed E-state index contributed by atoms with van der Waals surface area (Å²) in [4.78, 5) is 23.6. The number of hydrogen-bond donors (Lipinski definition) is 1. The van der Waals surface area contributed by atoms with E-state index in [2.05, 4.69) is 0 Å². The number of hydrogen-bond acceptors (Lipinski definition) is 3. The van der Waals surface area contributed by atoms with Crippen molar-refractivity contribution in [2.45, 2.75) is 13.8 Å². The molecule has 0 atom stereocenters. The Morgan fingerprint density at radius 1 is 1.20 bits per heavy atom. The predicted molar refractivity (Wildman–Crippen MR) is 75.0 cm³/mol. The second-order valence-corrected chi connectivity index (χ2v) is 4.49. The number of aryl methyl sites for hydroxylation is 2. The summed E-state index contributed by atoms with van der Waals surface area (Å²) in [5.41, 5.74) is 1.02. The Bertz CT molecular complexity index is 714. The molecule has 0 spiro atoms. The van der Waals surface area contributed by atoms with Crippen molar-refractivity contribution in [2.24, 2.45) is 0 Å². The molecular formula is C15H15NO4. The third-order valence-corrected chi connectivity index (χ3v) is 3.13. The summed E-state index contributed by atoms with van der Waals surface area (Å²) >= 11 is 0. The van der Waals surface area contributed by atoms with Crippen molar-refractivity contribution in [3.63, 3.8) is 0 Å². The van der Waals surface area contributed by atoms with Gasteiger partial charge in [0.2, 0.25) is 0 Å². The summed E-state index contributed by atoms with van der Waals surface area (Å²) in [7, 11) is 1.56. The standard InChI is InChI=1S/C15H15NO4/c1-9-8-10(2)16(14(17)13(9)15(18)19)11-4-6-12(20-3)7-5-11/h4-8H,1-3H3,(H,18,19). The van der Waals surface area contributed by atoms with Crippen molar-refractivity contribution in [3.8, 4) is 11.4 Å². The van der Waals surface area contributed by atoms with E-state index in [0.29, 0.717) is 22.7 Å². The van der Waals surface area contributed by atoms with Crippen LogP contribution < -0.4 is 10.3 Å². The summed E-state index contributed by atoms with van der Waals surface area (Å²) in [6, 6.07) is 8.57. The first-order valence-corrected chi connectivity index (χ1v) is 6.06. The van der Waals surface area contributed by atoms with E-state index in [-0.39, 0.29) is 5.56 Å². The number of pyridine rings is 1. The molecule has 0 aliphatic carbocycles. The van der Waals surface area contributed by atoms with Gasteiger partial charge >= 0.3 is 5.97 Å². The summed E-state index contributed by atoms with van der Waals surface area (Å²) in [6.45, 7) is 3.39. The molecule has 0 bridgehead atoms. The van der Waals surface area contributed by atoms with Crippen molar-refractivity contribution in [3.05, 3.63) is 57.5 Å². The second-order valence-electron chi connectivity index (χ2n) is 4.49. The number of methoxy groups -OCH3 is 1. The lowest BCUT2D eigenvalue weighted by Gasteiger charge is -2.13. The summed E-state index contributed by atoms with van der Waals surface area (Å²) in [6.07, 6.45) is 0. The van der Waals surface area contributed by atoms with Gasteiger partial charge in [-0.15, -0.1) is 0 Å². The zero-order valence-electron chi connectivity index (χ0n) is 11.5. The highest BCUT2D eigenvalue weighted by Crippen LogP contribution is 2.16. The Morgan fingerprint density at radius 3 is 2.30 bits per heavy atom. The highest BCUT2D eigenvalue weighted by molar-refractivity contribution is 5.89. The molecule has 1 N–H and O–H groups in total. The number of benzene rings is 1. The van der Waals surface area contributed by atoms with Crippen LogP contribution >= 0.6 is 0 Å². The molecule has 0 saturated heterocycles. The molecule has 0 aliphatic heterocycles. The number of nitrogens with zero attached hydrogens (tertiary/aromatic N) is 1. The minimum Gasteiger partial charge on any atom is -0.497 e. The first kappa shape index (κ1) is 13.9. The van der Waals surface area contributed by atoms with Gasteiger partial charge in [-0.3, -0.25) is 9.36 Å². The largest absolute Gasteiger partial charge is 0.497 e. The lowest BCUT2D eigenvalue weighted by Crippen LogP contribution is -2.28. The number of ether oxygens (including phenoxy) is 1. The Hall–Kier alpha value is -2.56. The van der Waals surface area contributed by atoms with Gasteiger partial charge in [0.1, 0.15) is 11.3 Å². The molecular weight excluding hydrogens is 258 g/mol. The van der Waals surface area contributed by atoms with Crippen LogP contribution in [-0.4, -0.2) is 22.8 Å². The molecule has 1 aromatic heterocycles. The fourth-order valence-corrected chi connectivity index (χ4v) is 2.20. The fraction of sp³-hybridized carbons (Fsp3) is 0.200. The van der Waals surface area contributed by atoms with Crippen LogP contribution in [0.1, 0.15) is 21.6 Å². The number of carboxylic acid groups (broad SMARTS) is 1. The zero-order chi connectivity index (χ0) is 14.9. The van der Waals surface area contributed by atoms with Crippen LogP contribution in [0.15, 0.2) is 35.1 Å². The topological polar surface area (TPSA) is 68.5 Å². The van der Waals surface area contributed by atoms with E-state index >= 15 is 0 Å². The normalized spacial score (nSPS) is 10.3. The quantitative estimate of drug-likeness (QED) is 0.930. The molecule has 0 unspecified atom stereocenters. The molecule has 0 aliphatic rings. The van der Waals surface area contributed by atoms with Gasteiger partial charge in [-0.25, -0.2) is 4.79 Å². The molecule has 0 radical (unpaired) electrons. The molecule has 5 heteroatoms. The highest BCUT2D eigenvalue weighted by atomic mass is 16.5. The van der Waals surface area contributed by atoms with Gasteiger partial charge in [-0.2, -0.15) is 0 Å². The van der Waals surface area contributed by atoms with Crippen LogP contribution in [0.5, 0.6) is 5.75 Å². The van der Waals surface area contributed by atoms with Gasteiger partial charge in [0.05, 0.1) is 7.11 Å². The number of carboxylic acids is 1. The molecule has 1 heterocycles. The molecule has 2 rings (SSSR count). The first-order chi connectivity index (χ1) is 9.45. The summed E-state index contributed by atoms with van der Waals surface area (Å²) in [5, 5.41) is 9.16. The Morgan fingerprint density at radius 2 is 1.80 bits per heavy atom. The Balaban J connectivity index is 2.70. The first-order valence-electron chi connectivity index (χ1n) is 6.06. The average Bonchev–Trinajstić information content (AvgIpc) is 2.38. The van der Waals surface area contributed by atoms with E-state index in [1.807, 2.05) is 0 Å². The zero-order valence-corrected chi connectivity index (χ0v) is 11.5. The van der Waals surface area contributed by atoms with Gasteiger partial charge in [-0.1, -0.05) is 0 Å². The SMILES string of the molecule is COc1ccc(-n2c(C)cc(C)c(C(=O)O)c2=O)cc1. The van der Waals surface area contributed by atoms with Gasteiger partial charge in [0, 0.05) is 11.4 Å². The van der Waals surface area contributed by atoms with E-state index in [4.69, 9.17) is 9.84 Å². The smallest absolute Gasteiger partial charge is 0.341 e. The third-order valence-electron chi connectivity index (χ3n) is 3.13. The van der Waals surface area contributed by atoms with E-state index < -0.39 is 11.5 Å². The van der Waals surface area contributed by atoms with Crippen molar-refractivity contribution in [2.75, 3.05) is 7.11 Å². The molecule has 1 aromatic carbocycles. The fourth-order valence-electron chi connectivity index (χ4n) is 2.20. The van der Waals surface area contributed by atoms with Crippen LogP contribution in [0.25, 0.3) is 5.69 Å². The summed E-state index contributed by atoms with van der Waals surface area (Å²) < 4.78 is 6.45. The van der Waals surface area contributed by atoms with E-state index in [1.54, 1.807) is 51.3 Å². The van der Waals surface area contributed by atoms with Crippen molar-refractivity contribution >= 4 is 5.97 Å². The number of aromatic nitrogens is 1. The van der Waals surface area contributed by atoms with Crippen molar-refractivity contribution in [1.29, 1.82) is 0 Å². The maximum absolute atomic E-state index is 12.4. The van der Waals surface area contributed by atoms with Crippen LogP contribution in [0.3, 0.4) is 0 Å². The summed E-state index contributed by atoms with van der Waals surface area (Å²) in [5.74, 6) is -0.542.